The number of hydrogen-bond donors (Lipinski definition) is 5. The first-order valence-electron chi connectivity index (χ1n) is 20.2. The van der Waals surface area contributed by atoms with Crippen molar-refractivity contribution in [1.82, 2.24) is 5.32 Å². The highest BCUT2D eigenvalue weighted by Gasteiger charge is 2.27. The molecule has 9 nitrogen and oxygen atoms in total. The van der Waals surface area contributed by atoms with E-state index in [1.54, 1.807) is 6.08 Å². The van der Waals surface area contributed by atoms with E-state index in [-0.39, 0.29) is 19.6 Å². The second-order valence-electron chi connectivity index (χ2n) is 13.7. The van der Waals surface area contributed by atoms with Crippen LogP contribution < -0.4 is 11.1 Å². The summed E-state index contributed by atoms with van der Waals surface area (Å²) in [5, 5.41) is 23.9. The Balaban J connectivity index is 4.22. The highest BCUT2D eigenvalue weighted by molar-refractivity contribution is 7.47. The molecule has 0 radical (unpaired) electrons. The summed E-state index contributed by atoms with van der Waals surface area (Å²) in [5.74, 6) is -0.450. The summed E-state index contributed by atoms with van der Waals surface area (Å²) < 4.78 is 22.0. The molecule has 1 amide bonds. The zero-order valence-corrected chi connectivity index (χ0v) is 32.9. The Kier molecular flexibility index (Phi) is 35.1. The molecular formula is C40H77N2O7P. The Hall–Kier alpha value is -1.32. The Morgan fingerprint density at radius 1 is 0.720 bits per heavy atom. The van der Waals surface area contributed by atoms with Crippen LogP contribution in [0, 0.1) is 0 Å². The standard InChI is InChI=1S/C40H77N2O7P/c1-3-5-7-9-11-13-14-15-16-17-18-19-20-21-22-24-25-27-29-31-37(43)35-40(45)42-38(36-49-50(46,47)48-34-33-41)39(44)32-30-28-26-23-12-10-8-6-4-2/h5,7,11,13,30,32,37-39,43-44H,3-4,6,8-10,12,14-29,31,33-36,41H2,1-2H3,(H,42,45)(H,46,47)/b7-5-,13-11-,32-30+. The fourth-order valence-electron chi connectivity index (χ4n) is 5.74. The van der Waals surface area contributed by atoms with Gasteiger partial charge in [-0.3, -0.25) is 13.8 Å². The zero-order chi connectivity index (χ0) is 37.0. The van der Waals surface area contributed by atoms with Crippen molar-refractivity contribution in [1.29, 1.82) is 0 Å². The monoisotopic (exact) mass is 729 g/mol. The third-order valence-electron chi connectivity index (χ3n) is 8.78. The Morgan fingerprint density at radius 2 is 1.24 bits per heavy atom. The fraction of sp³-hybridized carbons (Fsp3) is 0.825. The zero-order valence-electron chi connectivity index (χ0n) is 32.0. The van der Waals surface area contributed by atoms with Crippen molar-refractivity contribution in [3.05, 3.63) is 36.5 Å². The second kappa shape index (κ2) is 36.1. The average Bonchev–Trinajstić information content (AvgIpc) is 3.09. The predicted molar refractivity (Wildman–Crippen MR) is 209 cm³/mol. The third-order valence-corrected chi connectivity index (χ3v) is 9.76. The number of hydrogen-bond acceptors (Lipinski definition) is 7. The molecule has 0 rings (SSSR count). The maximum Gasteiger partial charge on any atom is 0.472 e. The van der Waals surface area contributed by atoms with Crippen LogP contribution in [0.1, 0.15) is 174 Å². The number of carbonyl (C=O) groups is 1. The van der Waals surface area contributed by atoms with Gasteiger partial charge in [0, 0.05) is 6.54 Å². The molecule has 0 bridgehead atoms. The summed E-state index contributed by atoms with van der Waals surface area (Å²) >= 11 is 0. The molecular weight excluding hydrogens is 651 g/mol. The lowest BCUT2D eigenvalue weighted by Gasteiger charge is -2.24. The maximum atomic E-state index is 12.7. The molecule has 6 N–H and O–H groups in total. The van der Waals surface area contributed by atoms with Crippen LogP contribution in [0.5, 0.6) is 0 Å². The minimum atomic E-state index is -4.39. The van der Waals surface area contributed by atoms with Crippen LogP contribution in [0.15, 0.2) is 36.5 Å². The molecule has 0 heterocycles. The molecule has 0 aromatic heterocycles. The number of phosphoric ester groups is 1. The molecule has 294 valence electrons. The first kappa shape index (κ1) is 48.7. The van der Waals surface area contributed by atoms with Gasteiger partial charge in [-0.1, -0.05) is 159 Å². The van der Waals surface area contributed by atoms with Crippen LogP contribution in [-0.4, -0.2) is 59.0 Å². The van der Waals surface area contributed by atoms with E-state index in [1.165, 1.54) is 96.3 Å². The normalized spacial score (nSPS) is 15.2. The van der Waals surface area contributed by atoms with Gasteiger partial charge in [-0.2, -0.15) is 0 Å². The summed E-state index contributed by atoms with van der Waals surface area (Å²) in [4.78, 5) is 22.6. The lowest BCUT2D eigenvalue weighted by Crippen LogP contribution is -2.46. The van der Waals surface area contributed by atoms with Gasteiger partial charge < -0.3 is 26.2 Å². The summed E-state index contributed by atoms with van der Waals surface area (Å²) in [6.45, 7) is 3.82. The van der Waals surface area contributed by atoms with Gasteiger partial charge in [0.2, 0.25) is 5.91 Å². The number of aliphatic hydroxyl groups excluding tert-OH is 2. The van der Waals surface area contributed by atoms with Crippen molar-refractivity contribution in [2.45, 2.75) is 193 Å². The molecule has 10 heteroatoms. The average molecular weight is 729 g/mol. The predicted octanol–water partition coefficient (Wildman–Crippen LogP) is 9.75. The highest BCUT2D eigenvalue weighted by atomic mass is 31.2. The molecule has 0 aliphatic rings. The van der Waals surface area contributed by atoms with E-state index in [4.69, 9.17) is 14.8 Å². The van der Waals surface area contributed by atoms with Gasteiger partial charge in [0.05, 0.1) is 37.9 Å². The Morgan fingerprint density at radius 3 is 1.80 bits per heavy atom. The quantitative estimate of drug-likeness (QED) is 0.0241. The first-order valence-corrected chi connectivity index (χ1v) is 21.7. The summed E-state index contributed by atoms with van der Waals surface area (Å²) in [5.41, 5.74) is 5.34. The lowest BCUT2D eigenvalue weighted by atomic mass is 10.0. The largest absolute Gasteiger partial charge is 0.472 e. The van der Waals surface area contributed by atoms with Crippen molar-refractivity contribution in [2.24, 2.45) is 5.73 Å². The van der Waals surface area contributed by atoms with Gasteiger partial charge in [-0.05, 0) is 44.9 Å². The van der Waals surface area contributed by atoms with Gasteiger partial charge in [0.25, 0.3) is 0 Å². The number of allylic oxidation sites excluding steroid dienone is 5. The van der Waals surface area contributed by atoms with Crippen molar-refractivity contribution >= 4 is 13.7 Å². The van der Waals surface area contributed by atoms with E-state index in [0.717, 1.165) is 51.4 Å². The van der Waals surface area contributed by atoms with E-state index >= 15 is 0 Å². The smallest absolute Gasteiger partial charge is 0.393 e. The van der Waals surface area contributed by atoms with Crippen molar-refractivity contribution < 1.29 is 33.5 Å². The van der Waals surface area contributed by atoms with Gasteiger partial charge >= 0.3 is 7.82 Å². The lowest BCUT2D eigenvalue weighted by molar-refractivity contribution is -0.124. The summed E-state index contributed by atoms with van der Waals surface area (Å²) in [6, 6.07) is -0.979. The first-order chi connectivity index (χ1) is 24.3. The van der Waals surface area contributed by atoms with E-state index in [9.17, 15) is 24.5 Å². The molecule has 0 fully saturated rings. The maximum absolute atomic E-state index is 12.7. The van der Waals surface area contributed by atoms with E-state index in [2.05, 4.69) is 43.5 Å². The Bertz CT molecular complexity index is 899. The molecule has 0 saturated carbocycles. The summed E-state index contributed by atoms with van der Waals surface area (Å²) in [6.07, 6.45) is 38.1. The van der Waals surface area contributed by atoms with Gasteiger partial charge in [-0.25, -0.2) is 4.57 Å². The van der Waals surface area contributed by atoms with Crippen molar-refractivity contribution in [2.75, 3.05) is 19.8 Å². The number of amides is 1. The molecule has 0 aliphatic carbocycles. The third kappa shape index (κ3) is 33.8. The molecule has 0 saturated heterocycles. The molecule has 0 aromatic carbocycles. The number of nitrogens with one attached hydrogen (secondary N) is 1. The minimum absolute atomic E-state index is 0.0485. The molecule has 4 unspecified atom stereocenters. The summed E-state index contributed by atoms with van der Waals surface area (Å²) in [7, 11) is -4.39. The number of unbranched alkanes of at least 4 members (excludes halogenated alkanes) is 19. The minimum Gasteiger partial charge on any atom is -0.393 e. The number of carbonyl (C=O) groups excluding carboxylic acids is 1. The van der Waals surface area contributed by atoms with Crippen LogP contribution in [0.3, 0.4) is 0 Å². The number of rotatable bonds is 37. The van der Waals surface area contributed by atoms with Crippen LogP contribution in [0.25, 0.3) is 0 Å². The van der Waals surface area contributed by atoms with Crippen LogP contribution in [0.4, 0.5) is 0 Å². The second-order valence-corrected chi connectivity index (χ2v) is 15.1. The molecule has 0 spiro atoms. The topological polar surface area (TPSA) is 151 Å². The van der Waals surface area contributed by atoms with Gasteiger partial charge in [0.1, 0.15) is 0 Å². The van der Waals surface area contributed by atoms with Crippen LogP contribution >= 0.6 is 7.82 Å². The van der Waals surface area contributed by atoms with Crippen LogP contribution in [0.2, 0.25) is 0 Å². The number of aliphatic hydroxyl groups is 2. The molecule has 50 heavy (non-hydrogen) atoms. The van der Waals surface area contributed by atoms with Crippen molar-refractivity contribution in [3.8, 4) is 0 Å². The highest BCUT2D eigenvalue weighted by Crippen LogP contribution is 2.43. The van der Waals surface area contributed by atoms with E-state index in [0.29, 0.717) is 6.42 Å². The molecule has 0 aromatic rings. The van der Waals surface area contributed by atoms with E-state index in [1.807, 2.05) is 6.08 Å². The molecule has 0 aliphatic heterocycles. The van der Waals surface area contributed by atoms with Gasteiger partial charge in [-0.15, -0.1) is 0 Å². The Labute approximate surface area is 306 Å². The van der Waals surface area contributed by atoms with Gasteiger partial charge in [0.15, 0.2) is 0 Å². The van der Waals surface area contributed by atoms with Crippen LogP contribution in [-0.2, 0) is 18.4 Å². The number of phosphoric acid groups is 1. The van der Waals surface area contributed by atoms with Crippen molar-refractivity contribution in [3.63, 3.8) is 0 Å². The molecule has 4 atom stereocenters. The van der Waals surface area contributed by atoms with E-state index < -0.39 is 38.6 Å². The fourth-order valence-corrected chi connectivity index (χ4v) is 6.50. The number of nitrogens with two attached hydrogens (primary N) is 1. The SMILES string of the molecule is CC/C=C\C/C=C\CCCCCCCCCCCCCCC(O)CC(=O)NC(COP(=O)(O)OCCN)C(O)/C=C/CCCCCCCCC.